The van der Waals surface area contributed by atoms with Crippen molar-refractivity contribution in [2.45, 2.75) is 26.2 Å². The van der Waals surface area contributed by atoms with Crippen LogP contribution in [0.15, 0.2) is 30.3 Å². The highest BCUT2D eigenvalue weighted by atomic mass is 16.1. The predicted octanol–water partition coefficient (Wildman–Crippen LogP) is 2.65. The Labute approximate surface area is 91.7 Å². The van der Waals surface area contributed by atoms with E-state index in [-0.39, 0.29) is 5.78 Å². The number of ketones is 1. The maximum Gasteiger partial charge on any atom is 0.164 e. The number of carbonyl (C=O) groups is 1. The predicted molar refractivity (Wildman–Crippen MR) is 63.2 cm³/mol. The first kappa shape index (κ1) is 11.9. The molecule has 0 saturated heterocycles. The van der Waals surface area contributed by atoms with Crippen molar-refractivity contribution >= 4 is 5.78 Å². The van der Waals surface area contributed by atoms with Gasteiger partial charge >= 0.3 is 0 Å². The molecule has 1 aromatic rings. The molecule has 0 aliphatic heterocycles. The van der Waals surface area contributed by atoms with Crippen molar-refractivity contribution in [2.24, 2.45) is 0 Å². The molecule has 82 valence electrons. The maximum atomic E-state index is 11.6. The van der Waals surface area contributed by atoms with Gasteiger partial charge in [-0.2, -0.15) is 0 Å². The minimum absolute atomic E-state index is 0.222. The Balaban J connectivity index is 2.20. The van der Waals surface area contributed by atoms with Crippen molar-refractivity contribution in [2.75, 3.05) is 13.1 Å². The van der Waals surface area contributed by atoms with Crippen molar-refractivity contribution in [3.8, 4) is 0 Å². The van der Waals surface area contributed by atoms with Gasteiger partial charge in [-0.3, -0.25) is 4.79 Å². The van der Waals surface area contributed by atoms with Gasteiger partial charge in [0.15, 0.2) is 5.78 Å². The minimum atomic E-state index is 0.222. The normalized spacial score (nSPS) is 10.2. The summed E-state index contributed by atoms with van der Waals surface area (Å²) in [5.41, 5.74) is 0.815. The SMILES string of the molecule is CCCCNCCC(=O)c1ccccc1. The van der Waals surface area contributed by atoms with E-state index < -0.39 is 0 Å². The molecule has 0 unspecified atom stereocenters. The second-order valence-electron chi connectivity index (χ2n) is 3.64. The first-order valence-corrected chi connectivity index (χ1v) is 5.63. The van der Waals surface area contributed by atoms with Crippen LogP contribution in [-0.4, -0.2) is 18.9 Å². The molecular weight excluding hydrogens is 186 g/mol. The Morgan fingerprint density at radius 1 is 1.20 bits per heavy atom. The summed E-state index contributed by atoms with van der Waals surface area (Å²) in [6.45, 7) is 3.96. The van der Waals surface area contributed by atoms with Crippen molar-refractivity contribution in [1.82, 2.24) is 5.32 Å². The third-order valence-electron chi connectivity index (χ3n) is 2.33. The zero-order valence-electron chi connectivity index (χ0n) is 9.33. The van der Waals surface area contributed by atoms with E-state index in [1.807, 2.05) is 30.3 Å². The Morgan fingerprint density at radius 3 is 2.60 bits per heavy atom. The molecule has 1 rings (SSSR count). The number of rotatable bonds is 7. The standard InChI is InChI=1S/C13H19NO/c1-2-3-10-14-11-9-13(15)12-7-5-4-6-8-12/h4-8,14H,2-3,9-11H2,1H3. The average molecular weight is 205 g/mol. The van der Waals surface area contributed by atoms with Gasteiger partial charge in [-0.15, -0.1) is 0 Å². The van der Waals surface area contributed by atoms with Gasteiger partial charge in [-0.25, -0.2) is 0 Å². The highest BCUT2D eigenvalue weighted by Crippen LogP contribution is 2.01. The van der Waals surface area contributed by atoms with Crippen LogP contribution in [0.2, 0.25) is 0 Å². The van der Waals surface area contributed by atoms with E-state index in [2.05, 4.69) is 12.2 Å². The van der Waals surface area contributed by atoms with Crippen LogP contribution < -0.4 is 5.32 Å². The Kier molecular flexibility index (Phi) is 5.71. The zero-order chi connectivity index (χ0) is 10.9. The highest BCUT2D eigenvalue weighted by molar-refractivity contribution is 5.96. The van der Waals surface area contributed by atoms with Gasteiger partial charge < -0.3 is 5.32 Å². The smallest absolute Gasteiger partial charge is 0.164 e. The quantitative estimate of drug-likeness (QED) is 0.547. The summed E-state index contributed by atoms with van der Waals surface area (Å²) in [5.74, 6) is 0.222. The highest BCUT2D eigenvalue weighted by Gasteiger charge is 2.03. The largest absolute Gasteiger partial charge is 0.316 e. The molecule has 0 aliphatic rings. The van der Waals surface area contributed by atoms with E-state index in [0.717, 1.165) is 18.7 Å². The van der Waals surface area contributed by atoms with Crippen molar-refractivity contribution < 1.29 is 4.79 Å². The minimum Gasteiger partial charge on any atom is -0.316 e. The van der Waals surface area contributed by atoms with Crippen molar-refractivity contribution in [3.63, 3.8) is 0 Å². The van der Waals surface area contributed by atoms with E-state index in [1.54, 1.807) is 0 Å². The number of carbonyl (C=O) groups excluding carboxylic acids is 1. The second kappa shape index (κ2) is 7.18. The molecule has 2 heteroatoms. The van der Waals surface area contributed by atoms with Gasteiger partial charge in [0.25, 0.3) is 0 Å². The van der Waals surface area contributed by atoms with Crippen LogP contribution in [0.4, 0.5) is 0 Å². The Bertz CT molecular complexity index is 282. The molecule has 0 aromatic heterocycles. The fourth-order valence-corrected chi connectivity index (χ4v) is 1.40. The first-order chi connectivity index (χ1) is 7.34. The lowest BCUT2D eigenvalue weighted by Crippen LogP contribution is -2.19. The van der Waals surface area contributed by atoms with Crippen LogP contribution in [0.25, 0.3) is 0 Å². The Morgan fingerprint density at radius 2 is 1.93 bits per heavy atom. The molecule has 0 spiro atoms. The van der Waals surface area contributed by atoms with E-state index in [1.165, 1.54) is 12.8 Å². The van der Waals surface area contributed by atoms with Crippen LogP contribution in [0.1, 0.15) is 36.5 Å². The van der Waals surface area contributed by atoms with E-state index >= 15 is 0 Å². The van der Waals surface area contributed by atoms with Gasteiger partial charge in [0.2, 0.25) is 0 Å². The molecular formula is C13H19NO. The molecule has 0 amide bonds. The second-order valence-corrected chi connectivity index (χ2v) is 3.64. The number of hydrogen-bond donors (Lipinski definition) is 1. The summed E-state index contributed by atoms with van der Waals surface area (Å²) in [6.07, 6.45) is 2.97. The molecule has 0 fully saturated rings. The van der Waals surface area contributed by atoms with Crippen LogP contribution in [0.3, 0.4) is 0 Å². The topological polar surface area (TPSA) is 29.1 Å². The zero-order valence-corrected chi connectivity index (χ0v) is 9.33. The summed E-state index contributed by atoms with van der Waals surface area (Å²) in [7, 11) is 0. The third kappa shape index (κ3) is 4.75. The lowest BCUT2D eigenvalue weighted by molar-refractivity contribution is 0.0982. The maximum absolute atomic E-state index is 11.6. The van der Waals surface area contributed by atoms with E-state index in [4.69, 9.17) is 0 Å². The Hall–Kier alpha value is -1.15. The molecule has 0 bridgehead atoms. The third-order valence-corrected chi connectivity index (χ3v) is 2.33. The van der Waals surface area contributed by atoms with Gasteiger partial charge in [-0.1, -0.05) is 43.7 Å². The lowest BCUT2D eigenvalue weighted by Gasteiger charge is -2.03. The lowest BCUT2D eigenvalue weighted by atomic mass is 10.1. The number of unbranched alkanes of at least 4 members (excludes halogenated alkanes) is 1. The number of hydrogen-bond acceptors (Lipinski definition) is 2. The van der Waals surface area contributed by atoms with Crippen LogP contribution in [0.5, 0.6) is 0 Å². The summed E-state index contributed by atoms with van der Waals surface area (Å²) in [6, 6.07) is 9.47. The molecule has 1 aromatic carbocycles. The number of Topliss-reactive ketones (excluding diaryl/α,β-unsaturated/α-hetero) is 1. The molecule has 0 aliphatic carbocycles. The first-order valence-electron chi connectivity index (χ1n) is 5.63. The van der Waals surface area contributed by atoms with E-state index in [9.17, 15) is 4.79 Å². The van der Waals surface area contributed by atoms with Crippen LogP contribution in [0, 0.1) is 0 Å². The van der Waals surface area contributed by atoms with Crippen LogP contribution >= 0.6 is 0 Å². The van der Waals surface area contributed by atoms with Crippen molar-refractivity contribution in [1.29, 1.82) is 0 Å². The van der Waals surface area contributed by atoms with Gasteiger partial charge in [-0.05, 0) is 13.0 Å². The molecule has 2 nitrogen and oxygen atoms in total. The molecule has 15 heavy (non-hydrogen) atoms. The van der Waals surface area contributed by atoms with Gasteiger partial charge in [0.1, 0.15) is 0 Å². The monoisotopic (exact) mass is 205 g/mol. The summed E-state index contributed by atoms with van der Waals surface area (Å²) < 4.78 is 0. The summed E-state index contributed by atoms with van der Waals surface area (Å²) in [5, 5.41) is 3.27. The van der Waals surface area contributed by atoms with E-state index in [0.29, 0.717) is 6.42 Å². The number of benzene rings is 1. The van der Waals surface area contributed by atoms with Crippen molar-refractivity contribution in [3.05, 3.63) is 35.9 Å². The van der Waals surface area contributed by atoms with Crippen LogP contribution in [-0.2, 0) is 0 Å². The fraction of sp³-hybridized carbons (Fsp3) is 0.462. The number of nitrogens with one attached hydrogen (secondary N) is 1. The van der Waals surface area contributed by atoms with Gasteiger partial charge in [0, 0.05) is 18.5 Å². The average Bonchev–Trinajstić information content (AvgIpc) is 2.30. The fourth-order valence-electron chi connectivity index (χ4n) is 1.40. The van der Waals surface area contributed by atoms with Gasteiger partial charge in [0.05, 0.1) is 0 Å². The molecule has 0 heterocycles. The molecule has 0 saturated carbocycles. The molecule has 0 atom stereocenters. The molecule has 0 radical (unpaired) electrons. The summed E-state index contributed by atoms with van der Waals surface area (Å²) in [4.78, 5) is 11.6. The summed E-state index contributed by atoms with van der Waals surface area (Å²) >= 11 is 0. The molecule has 1 N–H and O–H groups in total.